The Balaban J connectivity index is 1.75. The minimum Gasteiger partial charge on any atom is -0.306 e. The number of aromatic nitrogens is 2. The van der Waals surface area contributed by atoms with Crippen molar-refractivity contribution in [2.75, 3.05) is 5.32 Å². The fourth-order valence-electron chi connectivity index (χ4n) is 1.73. The van der Waals surface area contributed by atoms with Gasteiger partial charge in [-0.1, -0.05) is 6.07 Å². The largest absolute Gasteiger partial charge is 0.306 e. The van der Waals surface area contributed by atoms with E-state index in [0.29, 0.717) is 17.2 Å². The molecule has 3 heterocycles. The van der Waals surface area contributed by atoms with Crippen LogP contribution in [-0.2, 0) is 6.54 Å². The Kier molecular flexibility index (Phi) is 4.00. The van der Waals surface area contributed by atoms with Crippen LogP contribution >= 0.6 is 38.6 Å². The number of halogens is 1. The zero-order valence-electron chi connectivity index (χ0n) is 10.2. The number of hydrogen-bond donors (Lipinski definition) is 1. The molecule has 0 radical (unpaired) electrons. The van der Waals surface area contributed by atoms with Crippen LogP contribution in [0.15, 0.2) is 45.7 Å². The molecule has 0 aliphatic carbocycles. The second-order valence-corrected chi connectivity index (χ2v) is 7.51. The average molecular weight is 368 g/mol. The molecular formula is C13H10BrN3OS2. The van der Waals surface area contributed by atoms with Gasteiger partial charge in [-0.05, 0) is 39.5 Å². The van der Waals surface area contributed by atoms with Gasteiger partial charge >= 0.3 is 0 Å². The minimum absolute atomic E-state index is 0.117. The highest BCUT2D eigenvalue weighted by Crippen LogP contribution is 2.23. The summed E-state index contributed by atoms with van der Waals surface area (Å²) < 4.78 is 2.72. The van der Waals surface area contributed by atoms with Gasteiger partial charge in [0.25, 0.3) is 5.91 Å². The number of anilines is 1. The van der Waals surface area contributed by atoms with Gasteiger partial charge < -0.3 is 5.32 Å². The lowest BCUT2D eigenvalue weighted by Gasteiger charge is -2.07. The summed E-state index contributed by atoms with van der Waals surface area (Å²) in [6, 6.07) is 9.51. The summed E-state index contributed by atoms with van der Waals surface area (Å²) in [7, 11) is 0. The molecule has 102 valence electrons. The third-order valence-electron chi connectivity index (χ3n) is 2.64. The molecule has 1 amide bonds. The van der Waals surface area contributed by atoms with Gasteiger partial charge in [-0.3, -0.25) is 4.79 Å². The zero-order chi connectivity index (χ0) is 13.9. The quantitative estimate of drug-likeness (QED) is 0.755. The van der Waals surface area contributed by atoms with E-state index in [1.54, 1.807) is 34.3 Å². The molecule has 1 N–H and O–H groups in total. The second-order valence-electron chi connectivity index (χ2n) is 4.01. The van der Waals surface area contributed by atoms with Crippen molar-refractivity contribution < 1.29 is 4.79 Å². The van der Waals surface area contributed by atoms with Gasteiger partial charge in [0.2, 0.25) is 0 Å². The Bertz CT molecular complexity index is 718. The Morgan fingerprint density at radius 1 is 1.35 bits per heavy atom. The molecule has 0 aliphatic rings. The van der Waals surface area contributed by atoms with Gasteiger partial charge in [0.15, 0.2) is 0 Å². The highest BCUT2D eigenvalue weighted by atomic mass is 79.9. The predicted octanol–water partition coefficient (Wildman–Crippen LogP) is 4.07. The summed E-state index contributed by atoms with van der Waals surface area (Å²) in [4.78, 5) is 14.0. The minimum atomic E-state index is -0.117. The molecule has 3 aromatic rings. The maximum Gasteiger partial charge on any atom is 0.266 e. The first kappa shape index (κ1) is 13.5. The van der Waals surface area contributed by atoms with Gasteiger partial charge in [0.1, 0.15) is 5.82 Å². The lowest BCUT2D eigenvalue weighted by Crippen LogP contribution is -2.14. The van der Waals surface area contributed by atoms with Crippen molar-refractivity contribution in [1.82, 2.24) is 9.78 Å². The lowest BCUT2D eigenvalue weighted by molar-refractivity contribution is 0.102. The van der Waals surface area contributed by atoms with Crippen molar-refractivity contribution in [3.8, 4) is 0 Å². The maximum absolute atomic E-state index is 12.1. The molecule has 0 aliphatic heterocycles. The summed E-state index contributed by atoms with van der Waals surface area (Å²) in [5.74, 6) is 0.585. The molecule has 0 atom stereocenters. The van der Waals surface area contributed by atoms with Crippen LogP contribution in [-0.4, -0.2) is 15.7 Å². The number of hydrogen-bond acceptors (Lipinski definition) is 4. The van der Waals surface area contributed by atoms with Gasteiger partial charge in [0, 0.05) is 10.9 Å². The van der Waals surface area contributed by atoms with Crippen molar-refractivity contribution in [3.63, 3.8) is 0 Å². The van der Waals surface area contributed by atoms with Crippen molar-refractivity contribution in [2.45, 2.75) is 6.54 Å². The highest BCUT2D eigenvalue weighted by Gasteiger charge is 2.12. The van der Waals surface area contributed by atoms with Crippen molar-refractivity contribution in [3.05, 3.63) is 55.4 Å². The first-order chi connectivity index (χ1) is 9.72. The fourth-order valence-corrected chi connectivity index (χ4v) is 3.70. The van der Waals surface area contributed by atoms with E-state index in [4.69, 9.17) is 0 Å². The van der Waals surface area contributed by atoms with Gasteiger partial charge in [-0.2, -0.15) is 5.10 Å². The monoisotopic (exact) mass is 367 g/mol. The first-order valence-electron chi connectivity index (χ1n) is 5.83. The predicted molar refractivity (Wildman–Crippen MR) is 85.6 cm³/mol. The summed E-state index contributed by atoms with van der Waals surface area (Å²) in [5.41, 5.74) is 0. The van der Waals surface area contributed by atoms with Crippen molar-refractivity contribution >= 4 is 50.3 Å². The van der Waals surface area contributed by atoms with Crippen LogP contribution in [0.5, 0.6) is 0 Å². The van der Waals surface area contributed by atoms with E-state index in [9.17, 15) is 4.79 Å². The third-order valence-corrected chi connectivity index (χ3v) is 5.12. The van der Waals surface area contributed by atoms with Crippen LogP contribution in [0, 0.1) is 0 Å². The number of nitrogens with zero attached hydrogens (tertiary/aromatic N) is 2. The van der Waals surface area contributed by atoms with E-state index >= 15 is 0 Å². The van der Waals surface area contributed by atoms with Crippen LogP contribution in [0.2, 0.25) is 0 Å². The van der Waals surface area contributed by atoms with Gasteiger partial charge in [-0.25, -0.2) is 4.68 Å². The van der Waals surface area contributed by atoms with E-state index in [1.165, 1.54) is 16.2 Å². The summed E-state index contributed by atoms with van der Waals surface area (Å²) in [6.45, 7) is 0.661. The number of nitrogens with one attached hydrogen (secondary N) is 1. The molecule has 0 aromatic carbocycles. The summed E-state index contributed by atoms with van der Waals surface area (Å²) in [6.07, 6.45) is 1.69. The fraction of sp³-hybridized carbons (Fsp3) is 0.0769. The Morgan fingerprint density at radius 3 is 2.95 bits per heavy atom. The topological polar surface area (TPSA) is 46.9 Å². The Morgan fingerprint density at radius 2 is 2.25 bits per heavy atom. The molecule has 7 heteroatoms. The van der Waals surface area contributed by atoms with Crippen LogP contribution in [0.3, 0.4) is 0 Å². The molecule has 3 rings (SSSR count). The lowest BCUT2D eigenvalue weighted by atomic mass is 10.4. The molecular weight excluding hydrogens is 358 g/mol. The molecule has 0 spiro atoms. The zero-order valence-corrected chi connectivity index (χ0v) is 13.5. The standard InChI is InChI=1S/C13H10BrN3OS2/c14-11-4-3-10(20-11)13(18)16-12-5-6-15-17(12)8-9-2-1-7-19-9/h1-7H,8H2,(H,16,18). The van der Waals surface area contributed by atoms with Gasteiger partial charge in [-0.15, -0.1) is 22.7 Å². The van der Waals surface area contributed by atoms with Crippen LogP contribution in [0.1, 0.15) is 14.5 Å². The van der Waals surface area contributed by atoms with E-state index < -0.39 is 0 Å². The Labute approximate surface area is 132 Å². The van der Waals surface area contributed by atoms with Crippen LogP contribution < -0.4 is 5.32 Å². The van der Waals surface area contributed by atoms with Crippen molar-refractivity contribution in [2.24, 2.45) is 0 Å². The number of carbonyl (C=O) groups is 1. The maximum atomic E-state index is 12.1. The first-order valence-corrected chi connectivity index (χ1v) is 8.32. The Hall–Kier alpha value is -1.44. The summed E-state index contributed by atoms with van der Waals surface area (Å²) in [5, 5.41) is 9.16. The molecule has 0 bridgehead atoms. The number of thiophene rings is 2. The second kappa shape index (κ2) is 5.90. The SMILES string of the molecule is O=C(Nc1ccnn1Cc1cccs1)c1ccc(Br)s1. The number of amides is 1. The van der Waals surface area contributed by atoms with E-state index in [2.05, 4.69) is 26.3 Å². The van der Waals surface area contributed by atoms with Gasteiger partial charge in [0.05, 0.1) is 21.4 Å². The molecule has 0 saturated carbocycles. The average Bonchev–Trinajstić information content (AvgIpc) is 3.13. The molecule has 20 heavy (non-hydrogen) atoms. The number of rotatable bonds is 4. The van der Waals surface area contributed by atoms with E-state index in [-0.39, 0.29) is 5.91 Å². The molecule has 3 aromatic heterocycles. The van der Waals surface area contributed by atoms with E-state index in [0.717, 1.165) is 3.79 Å². The number of carbonyl (C=O) groups excluding carboxylic acids is 1. The third kappa shape index (κ3) is 3.00. The van der Waals surface area contributed by atoms with Crippen LogP contribution in [0.25, 0.3) is 0 Å². The van der Waals surface area contributed by atoms with Crippen LogP contribution in [0.4, 0.5) is 5.82 Å². The smallest absolute Gasteiger partial charge is 0.266 e. The molecule has 4 nitrogen and oxygen atoms in total. The van der Waals surface area contributed by atoms with Crippen molar-refractivity contribution in [1.29, 1.82) is 0 Å². The van der Waals surface area contributed by atoms with E-state index in [1.807, 2.05) is 23.6 Å². The summed E-state index contributed by atoms with van der Waals surface area (Å²) >= 11 is 6.43. The molecule has 0 fully saturated rings. The highest BCUT2D eigenvalue weighted by molar-refractivity contribution is 9.11. The molecule has 0 saturated heterocycles. The normalized spacial score (nSPS) is 10.7. The molecule has 0 unspecified atom stereocenters.